The molecule has 114 valence electrons. The quantitative estimate of drug-likeness (QED) is 0.808. The molecule has 0 aliphatic heterocycles. The van der Waals surface area contributed by atoms with Crippen LogP contribution in [0.15, 0.2) is 0 Å². The van der Waals surface area contributed by atoms with Gasteiger partial charge in [0.05, 0.1) is 6.54 Å². The average Bonchev–Trinajstić information content (AvgIpc) is 2.31. The summed E-state index contributed by atoms with van der Waals surface area (Å²) in [7, 11) is 0. The molecule has 1 fully saturated rings. The van der Waals surface area contributed by atoms with Gasteiger partial charge in [-0.25, -0.2) is 0 Å². The Morgan fingerprint density at radius 3 is 2.42 bits per heavy atom. The Morgan fingerprint density at radius 2 is 1.89 bits per heavy atom. The fraction of sp³-hybridized carbons (Fsp3) is 1.00. The maximum Gasteiger partial charge on any atom is 0.401 e. The van der Waals surface area contributed by atoms with E-state index in [0.717, 1.165) is 25.7 Å². The number of halogens is 3. The summed E-state index contributed by atoms with van der Waals surface area (Å²) >= 11 is 0. The van der Waals surface area contributed by atoms with Crippen molar-refractivity contribution < 1.29 is 13.2 Å². The fourth-order valence-corrected chi connectivity index (χ4v) is 3.16. The average molecular weight is 280 g/mol. The van der Waals surface area contributed by atoms with Gasteiger partial charge in [0.15, 0.2) is 0 Å². The third kappa shape index (κ3) is 6.13. The van der Waals surface area contributed by atoms with Crippen molar-refractivity contribution in [3.8, 4) is 0 Å². The first-order valence-corrected chi connectivity index (χ1v) is 7.40. The van der Waals surface area contributed by atoms with Gasteiger partial charge in [-0.1, -0.05) is 26.7 Å². The molecule has 3 atom stereocenters. The minimum Gasteiger partial charge on any atom is -0.327 e. The molecule has 2 nitrogen and oxygen atoms in total. The second-order valence-electron chi connectivity index (χ2n) is 5.83. The van der Waals surface area contributed by atoms with E-state index in [9.17, 15) is 13.2 Å². The molecule has 0 bridgehead atoms. The van der Waals surface area contributed by atoms with Gasteiger partial charge < -0.3 is 5.73 Å². The van der Waals surface area contributed by atoms with Gasteiger partial charge in [0, 0.05) is 12.6 Å². The molecule has 0 aromatic rings. The summed E-state index contributed by atoms with van der Waals surface area (Å²) in [6.07, 6.45) is 1.29. The second-order valence-corrected chi connectivity index (χ2v) is 5.83. The summed E-state index contributed by atoms with van der Waals surface area (Å²) < 4.78 is 37.4. The topological polar surface area (TPSA) is 29.3 Å². The SMILES string of the molecule is CCCC1CCC(N)C(CN(CC)CC(F)(F)F)C1. The second kappa shape index (κ2) is 7.48. The third-order valence-corrected chi connectivity index (χ3v) is 4.19. The van der Waals surface area contributed by atoms with Crippen molar-refractivity contribution >= 4 is 0 Å². The van der Waals surface area contributed by atoms with Crippen LogP contribution in [0.1, 0.15) is 46.0 Å². The normalized spacial score (nSPS) is 28.9. The minimum atomic E-state index is -4.11. The van der Waals surface area contributed by atoms with Crippen LogP contribution in [0.5, 0.6) is 0 Å². The highest BCUT2D eigenvalue weighted by atomic mass is 19.4. The van der Waals surface area contributed by atoms with Gasteiger partial charge in [-0.05, 0) is 37.6 Å². The molecule has 0 radical (unpaired) electrons. The van der Waals surface area contributed by atoms with Crippen LogP contribution < -0.4 is 5.73 Å². The van der Waals surface area contributed by atoms with Crippen LogP contribution >= 0.6 is 0 Å². The molecule has 1 saturated carbocycles. The Bertz CT molecular complexity index is 256. The van der Waals surface area contributed by atoms with E-state index in [0.29, 0.717) is 19.0 Å². The van der Waals surface area contributed by atoms with Crippen molar-refractivity contribution in [3.63, 3.8) is 0 Å². The molecule has 3 unspecified atom stereocenters. The van der Waals surface area contributed by atoms with Gasteiger partial charge in [0.25, 0.3) is 0 Å². The highest BCUT2D eigenvalue weighted by Gasteiger charge is 2.33. The van der Waals surface area contributed by atoms with E-state index in [1.807, 2.05) is 0 Å². The number of nitrogens with zero attached hydrogens (tertiary/aromatic N) is 1. The molecule has 1 aliphatic carbocycles. The van der Waals surface area contributed by atoms with E-state index >= 15 is 0 Å². The lowest BCUT2D eigenvalue weighted by molar-refractivity contribution is -0.147. The summed E-state index contributed by atoms with van der Waals surface area (Å²) in [5.74, 6) is 0.868. The van der Waals surface area contributed by atoms with E-state index in [1.165, 1.54) is 11.3 Å². The minimum absolute atomic E-state index is 0.0652. The van der Waals surface area contributed by atoms with Crippen LogP contribution in [0, 0.1) is 11.8 Å². The summed E-state index contributed by atoms with van der Waals surface area (Å²) in [5.41, 5.74) is 6.10. The summed E-state index contributed by atoms with van der Waals surface area (Å²) in [5, 5.41) is 0. The molecule has 0 spiro atoms. The maximum atomic E-state index is 12.5. The van der Waals surface area contributed by atoms with Crippen LogP contribution in [0.3, 0.4) is 0 Å². The van der Waals surface area contributed by atoms with Crippen molar-refractivity contribution in [1.82, 2.24) is 4.90 Å². The number of nitrogens with two attached hydrogens (primary N) is 1. The first kappa shape index (κ1) is 16.8. The molecule has 19 heavy (non-hydrogen) atoms. The lowest BCUT2D eigenvalue weighted by Crippen LogP contribution is -2.45. The Labute approximate surface area is 114 Å². The predicted molar refractivity (Wildman–Crippen MR) is 71.9 cm³/mol. The van der Waals surface area contributed by atoms with Gasteiger partial charge in [-0.15, -0.1) is 0 Å². The van der Waals surface area contributed by atoms with Gasteiger partial charge in [-0.2, -0.15) is 13.2 Å². The van der Waals surface area contributed by atoms with Crippen molar-refractivity contribution in [2.45, 2.75) is 58.2 Å². The third-order valence-electron chi connectivity index (χ3n) is 4.19. The number of hydrogen-bond acceptors (Lipinski definition) is 2. The van der Waals surface area contributed by atoms with Crippen molar-refractivity contribution in [2.75, 3.05) is 19.6 Å². The first-order valence-electron chi connectivity index (χ1n) is 7.40. The van der Waals surface area contributed by atoms with Crippen LogP contribution in [0.25, 0.3) is 0 Å². The van der Waals surface area contributed by atoms with Crippen molar-refractivity contribution in [3.05, 3.63) is 0 Å². The van der Waals surface area contributed by atoms with Gasteiger partial charge in [-0.3, -0.25) is 4.90 Å². The Balaban J connectivity index is 2.51. The molecule has 0 amide bonds. The standard InChI is InChI=1S/C14H27F3N2/c1-3-5-11-6-7-13(18)12(8-11)9-19(4-2)10-14(15,16)17/h11-13H,3-10,18H2,1-2H3. The summed E-state index contributed by atoms with van der Waals surface area (Å²) in [6, 6.07) is 0.0652. The van der Waals surface area contributed by atoms with Crippen LogP contribution in [0.2, 0.25) is 0 Å². The molecule has 5 heteroatoms. The lowest BCUT2D eigenvalue weighted by atomic mass is 9.76. The summed E-state index contributed by atoms with van der Waals surface area (Å²) in [6.45, 7) is 4.04. The predicted octanol–water partition coefficient (Wildman–Crippen LogP) is 3.41. The monoisotopic (exact) mass is 280 g/mol. The number of alkyl halides is 3. The molecule has 2 N–H and O–H groups in total. The Morgan fingerprint density at radius 1 is 1.21 bits per heavy atom. The smallest absolute Gasteiger partial charge is 0.327 e. The molecule has 0 aromatic heterocycles. The molecule has 0 aromatic carbocycles. The zero-order valence-corrected chi connectivity index (χ0v) is 12.0. The van der Waals surface area contributed by atoms with Gasteiger partial charge in [0.2, 0.25) is 0 Å². The van der Waals surface area contributed by atoms with E-state index in [2.05, 4.69) is 6.92 Å². The highest BCUT2D eigenvalue weighted by Crippen LogP contribution is 2.32. The van der Waals surface area contributed by atoms with Gasteiger partial charge >= 0.3 is 6.18 Å². The molecular formula is C14H27F3N2. The Kier molecular flexibility index (Phi) is 6.60. The van der Waals surface area contributed by atoms with E-state index in [-0.39, 0.29) is 12.0 Å². The highest BCUT2D eigenvalue weighted by molar-refractivity contribution is 4.84. The zero-order chi connectivity index (χ0) is 14.5. The zero-order valence-electron chi connectivity index (χ0n) is 12.0. The first-order chi connectivity index (χ1) is 8.85. The molecule has 0 saturated heterocycles. The largest absolute Gasteiger partial charge is 0.401 e. The van der Waals surface area contributed by atoms with E-state index in [1.54, 1.807) is 6.92 Å². The van der Waals surface area contributed by atoms with Crippen LogP contribution in [0.4, 0.5) is 13.2 Å². The number of hydrogen-bond donors (Lipinski definition) is 1. The molecule has 1 aliphatic rings. The fourth-order valence-electron chi connectivity index (χ4n) is 3.16. The van der Waals surface area contributed by atoms with E-state index in [4.69, 9.17) is 5.73 Å². The van der Waals surface area contributed by atoms with Crippen molar-refractivity contribution in [1.29, 1.82) is 0 Å². The molecule has 0 heterocycles. The van der Waals surface area contributed by atoms with Crippen LogP contribution in [-0.2, 0) is 0 Å². The van der Waals surface area contributed by atoms with Gasteiger partial charge in [0.1, 0.15) is 0 Å². The maximum absolute atomic E-state index is 12.5. The lowest BCUT2D eigenvalue weighted by Gasteiger charge is -2.37. The van der Waals surface area contributed by atoms with Crippen LogP contribution in [-0.4, -0.2) is 36.8 Å². The Hall–Kier alpha value is -0.290. The number of rotatable bonds is 6. The van der Waals surface area contributed by atoms with Crippen molar-refractivity contribution in [2.24, 2.45) is 17.6 Å². The molecular weight excluding hydrogens is 253 g/mol. The van der Waals surface area contributed by atoms with E-state index < -0.39 is 12.7 Å². The molecule has 1 rings (SSSR count). The summed E-state index contributed by atoms with van der Waals surface area (Å²) in [4.78, 5) is 1.48.